The zero-order valence-corrected chi connectivity index (χ0v) is 12.1. The lowest BCUT2D eigenvalue weighted by Gasteiger charge is -2.12. The monoisotopic (exact) mass is 308 g/mol. The molecule has 0 aliphatic rings. The summed E-state index contributed by atoms with van der Waals surface area (Å²) >= 11 is 0. The Balaban J connectivity index is 2.70. The maximum absolute atomic E-state index is 12.1. The van der Waals surface area contributed by atoms with Crippen LogP contribution in [-0.2, 0) is 14.8 Å². The Morgan fingerprint density at radius 1 is 1.35 bits per heavy atom. The Bertz CT molecular complexity index is 562. The highest BCUT2D eigenvalue weighted by Crippen LogP contribution is 2.22. The standard InChI is InChI=1S/C12H18F2N2O3S/c1-8-5-10(15)9(2)11(6-8)20(17,18)16-3-4-19-7-12(13)14/h5-6,12,16H,3-4,7,15H2,1-2H3. The van der Waals surface area contributed by atoms with Gasteiger partial charge in [-0.3, -0.25) is 0 Å². The molecule has 0 amide bonds. The van der Waals surface area contributed by atoms with Crippen LogP contribution >= 0.6 is 0 Å². The molecule has 0 unspecified atom stereocenters. The molecule has 1 aromatic rings. The number of rotatable bonds is 7. The molecule has 1 aromatic carbocycles. The maximum Gasteiger partial charge on any atom is 0.261 e. The zero-order valence-electron chi connectivity index (χ0n) is 11.3. The third-order valence-electron chi connectivity index (χ3n) is 2.62. The van der Waals surface area contributed by atoms with E-state index in [1.165, 1.54) is 6.07 Å². The van der Waals surface area contributed by atoms with Crippen molar-refractivity contribution in [1.82, 2.24) is 4.72 Å². The van der Waals surface area contributed by atoms with E-state index in [1.54, 1.807) is 19.9 Å². The lowest BCUT2D eigenvalue weighted by Crippen LogP contribution is -2.28. The van der Waals surface area contributed by atoms with Crippen molar-refractivity contribution in [2.45, 2.75) is 25.2 Å². The number of nitrogens with one attached hydrogen (secondary N) is 1. The fraction of sp³-hybridized carbons (Fsp3) is 0.500. The van der Waals surface area contributed by atoms with Crippen molar-refractivity contribution in [2.75, 3.05) is 25.5 Å². The summed E-state index contributed by atoms with van der Waals surface area (Å²) in [5.74, 6) is 0. The normalized spacial score (nSPS) is 12.1. The minimum absolute atomic E-state index is 0.0810. The quantitative estimate of drug-likeness (QED) is 0.590. The van der Waals surface area contributed by atoms with E-state index in [0.29, 0.717) is 11.3 Å². The second-order valence-electron chi connectivity index (χ2n) is 4.34. The molecule has 8 heteroatoms. The lowest BCUT2D eigenvalue weighted by atomic mass is 10.1. The number of sulfonamides is 1. The predicted octanol–water partition coefficient (Wildman–Crippen LogP) is 1.45. The van der Waals surface area contributed by atoms with Crippen LogP contribution in [0.2, 0.25) is 0 Å². The Morgan fingerprint density at radius 3 is 2.60 bits per heavy atom. The number of nitrogen functional groups attached to an aromatic ring is 1. The molecule has 20 heavy (non-hydrogen) atoms. The summed E-state index contributed by atoms with van der Waals surface area (Å²) in [7, 11) is -3.73. The summed E-state index contributed by atoms with van der Waals surface area (Å²) in [6.07, 6.45) is -2.56. The number of halogens is 2. The molecule has 0 fully saturated rings. The number of anilines is 1. The van der Waals surface area contributed by atoms with Gasteiger partial charge in [0.05, 0.1) is 11.5 Å². The summed E-state index contributed by atoms with van der Waals surface area (Å²) in [5, 5.41) is 0. The van der Waals surface area contributed by atoms with E-state index in [-0.39, 0.29) is 18.0 Å². The number of aryl methyl sites for hydroxylation is 1. The van der Waals surface area contributed by atoms with E-state index in [4.69, 9.17) is 5.73 Å². The number of alkyl halides is 2. The van der Waals surface area contributed by atoms with Gasteiger partial charge in [-0.15, -0.1) is 0 Å². The summed E-state index contributed by atoms with van der Waals surface area (Å²) in [6, 6.07) is 3.19. The number of hydrogen-bond donors (Lipinski definition) is 2. The Kier molecular flexibility index (Phi) is 5.85. The summed E-state index contributed by atoms with van der Waals surface area (Å²) < 4.78 is 54.7. The van der Waals surface area contributed by atoms with Crippen LogP contribution in [0.5, 0.6) is 0 Å². The molecule has 0 aromatic heterocycles. The number of hydrogen-bond acceptors (Lipinski definition) is 4. The van der Waals surface area contributed by atoms with Gasteiger partial charge < -0.3 is 10.5 Å². The second-order valence-corrected chi connectivity index (χ2v) is 6.08. The maximum atomic E-state index is 12.1. The van der Waals surface area contributed by atoms with Crippen LogP contribution in [0.4, 0.5) is 14.5 Å². The van der Waals surface area contributed by atoms with Gasteiger partial charge in [0, 0.05) is 12.2 Å². The first kappa shape index (κ1) is 16.8. The van der Waals surface area contributed by atoms with E-state index in [0.717, 1.165) is 5.56 Å². The van der Waals surface area contributed by atoms with Gasteiger partial charge in [-0.1, -0.05) is 0 Å². The van der Waals surface area contributed by atoms with Crippen LogP contribution in [0.1, 0.15) is 11.1 Å². The summed E-state index contributed by atoms with van der Waals surface area (Å²) in [4.78, 5) is 0.0869. The number of ether oxygens (including phenoxy) is 1. The van der Waals surface area contributed by atoms with Crippen molar-refractivity contribution in [3.63, 3.8) is 0 Å². The molecule has 1 rings (SSSR count). The Morgan fingerprint density at radius 2 is 2.00 bits per heavy atom. The van der Waals surface area contributed by atoms with Crippen LogP contribution in [-0.4, -0.2) is 34.6 Å². The number of benzene rings is 1. The van der Waals surface area contributed by atoms with Crippen LogP contribution in [0, 0.1) is 13.8 Å². The SMILES string of the molecule is Cc1cc(N)c(C)c(S(=O)(=O)NCCOCC(F)F)c1. The van der Waals surface area contributed by atoms with Crippen LogP contribution in [0.25, 0.3) is 0 Å². The van der Waals surface area contributed by atoms with E-state index in [2.05, 4.69) is 9.46 Å². The fourth-order valence-corrected chi connectivity index (χ4v) is 3.00. The highest BCUT2D eigenvalue weighted by atomic mass is 32.2. The predicted molar refractivity (Wildman–Crippen MR) is 72.3 cm³/mol. The molecule has 3 N–H and O–H groups in total. The van der Waals surface area contributed by atoms with Crippen molar-refractivity contribution in [1.29, 1.82) is 0 Å². The molecule has 0 bridgehead atoms. The molecule has 5 nitrogen and oxygen atoms in total. The van der Waals surface area contributed by atoms with Gasteiger partial charge in [0.1, 0.15) is 6.61 Å². The fourth-order valence-electron chi connectivity index (χ4n) is 1.63. The highest BCUT2D eigenvalue weighted by Gasteiger charge is 2.18. The van der Waals surface area contributed by atoms with Crippen molar-refractivity contribution in [3.8, 4) is 0 Å². The van der Waals surface area contributed by atoms with Crippen LogP contribution in [0.3, 0.4) is 0 Å². The molecule has 0 aliphatic carbocycles. The van der Waals surface area contributed by atoms with Gasteiger partial charge in [-0.25, -0.2) is 21.9 Å². The Hall–Kier alpha value is -1.25. The zero-order chi connectivity index (χ0) is 15.3. The highest BCUT2D eigenvalue weighted by molar-refractivity contribution is 7.89. The molecule has 0 saturated heterocycles. The minimum atomic E-state index is -3.73. The second kappa shape index (κ2) is 6.96. The van der Waals surface area contributed by atoms with E-state index < -0.39 is 23.1 Å². The first-order valence-corrected chi connectivity index (χ1v) is 7.44. The minimum Gasteiger partial charge on any atom is -0.398 e. The largest absolute Gasteiger partial charge is 0.398 e. The lowest BCUT2D eigenvalue weighted by molar-refractivity contribution is 0.0199. The van der Waals surface area contributed by atoms with Gasteiger partial charge in [0.2, 0.25) is 10.0 Å². The smallest absolute Gasteiger partial charge is 0.261 e. The van der Waals surface area contributed by atoms with Crippen LogP contribution in [0.15, 0.2) is 17.0 Å². The van der Waals surface area contributed by atoms with Crippen LogP contribution < -0.4 is 10.5 Å². The molecule has 114 valence electrons. The average Bonchev–Trinajstić information content (AvgIpc) is 2.32. The molecule has 0 saturated carbocycles. The van der Waals surface area contributed by atoms with Crippen molar-refractivity contribution in [2.24, 2.45) is 0 Å². The molecule has 0 aliphatic heterocycles. The topological polar surface area (TPSA) is 81.4 Å². The van der Waals surface area contributed by atoms with Crippen molar-refractivity contribution in [3.05, 3.63) is 23.3 Å². The molecule has 0 spiro atoms. The van der Waals surface area contributed by atoms with Crippen molar-refractivity contribution >= 4 is 15.7 Å². The van der Waals surface area contributed by atoms with Gasteiger partial charge >= 0.3 is 0 Å². The van der Waals surface area contributed by atoms with Gasteiger partial charge in [0.25, 0.3) is 6.43 Å². The molecular weight excluding hydrogens is 290 g/mol. The van der Waals surface area contributed by atoms with Crippen molar-refractivity contribution < 1.29 is 21.9 Å². The number of nitrogens with two attached hydrogens (primary N) is 1. The average molecular weight is 308 g/mol. The van der Waals surface area contributed by atoms with E-state index in [9.17, 15) is 17.2 Å². The first-order valence-electron chi connectivity index (χ1n) is 5.96. The van der Waals surface area contributed by atoms with Gasteiger partial charge in [-0.05, 0) is 37.1 Å². The third kappa shape index (κ3) is 4.69. The summed E-state index contributed by atoms with van der Waals surface area (Å²) in [6.45, 7) is 2.43. The third-order valence-corrected chi connectivity index (χ3v) is 4.20. The first-order chi connectivity index (χ1) is 9.24. The molecule has 0 heterocycles. The van der Waals surface area contributed by atoms with Gasteiger partial charge in [-0.2, -0.15) is 0 Å². The molecule has 0 radical (unpaired) electrons. The Labute approximate surface area is 117 Å². The van der Waals surface area contributed by atoms with Gasteiger partial charge in [0.15, 0.2) is 0 Å². The van der Waals surface area contributed by atoms with E-state index in [1.807, 2.05) is 0 Å². The molecule has 0 atom stereocenters. The molecular formula is C12H18F2N2O3S. The summed E-state index contributed by atoms with van der Waals surface area (Å²) in [5.41, 5.74) is 7.30. The van der Waals surface area contributed by atoms with E-state index >= 15 is 0 Å².